The third-order valence-electron chi connectivity index (χ3n) is 17.7. The number of carbonyl (C=O) groups is 7. The van der Waals surface area contributed by atoms with E-state index >= 15 is 0 Å². The van der Waals surface area contributed by atoms with Crippen LogP contribution in [0.5, 0.6) is 34.5 Å². The van der Waals surface area contributed by atoms with Gasteiger partial charge in [-0.2, -0.15) is 0 Å². The molecule has 0 saturated carbocycles. The maximum absolute atomic E-state index is 13.7. The molecule has 104 heavy (non-hydrogen) atoms. The molecule has 0 aromatic heterocycles. The second-order valence-electron chi connectivity index (χ2n) is 27.5. The Bertz CT molecular complexity index is 4560. The van der Waals surface area contributed by atoms with Crippen molar-refractivity contribution in [1.29, 1.82) is 0 Å². The predicted molar refractivity (Wildman–Crippen MR) is 405 cm³/mol. The lowest BCUT2D eigenvalue weighted by molar-refractivity contribution is -0.138. The summed E-state index contributed by atoms with van der Waals surface area (Å²) in [6.45, 7) is 22.1. The molecule has 0 aliphatic carbocycles. The van der Waals surface area contributed by atoms with E-state index < -0.39 is 45.3 Å². The van der Waals surface area contributed by atoms with E-state index in [0.29, 0.717) is 104 Å². The SMILES string of the molecule is CC(=O)Oc1cc(C)cc(C)c1C(C)(C)CC(=O)O.Cc1cc(C)c(C(C)(C)CC(=O)Nc2ccc3c(c2)Oc2cc(NC(=O)NCCCCCl)ccc2C32OC(=O)c3ccccc32)c(OC(C)C)c1.Nc1ccc2c(c1)Oc1cc(N)ccc1C21OC(=O)c2ccccc21.O=C(Cl)NCCCCCl. The van der Waals surface area contributed by atoms with Crippen molar-refractivity contribution in [2.75, 3.05) is 47.0 Å². The van der Waals surface area contributed by atoms with Gasteiger partial charge in [-0.15, -0.1) is 23.2 Å². The van der Waals surface area contributed by atoms with Crippen LogP contribution >= 0.6 is 34.8 Å². The number of rotatable bonds is 19. The minimum Gasteiger partial charge on any atom is -0.491 e. The van der Waals surface area contributed by atoms with Gasteiger partial charge in [0.1, 0.15) is 34.5 Å². The fraction of sp³-hybridized carbons (Fsp3) is 0.321. The van der Waals surface area contributed by atoms with E-state index in [-0.39, 0.29) is 36.9 Å². The average molecular weight is 1470 g/mol. The number of hydrogen-bond donors (Lipinski definition) is 7. The average Bonchev–Trinajstić information content (AvgIpc) is 1.50. The number of halogens is 3. The van der Waals surface area contributed by atoms with Crippen LogP contribution in [0.15, 0.2) is 146 Å². The van der Waals surface area contributed by atoms with E-state index in [2.05, 4.69) is 27.3 Å². The van der Waals surface area contributed by atoms with Gasteiger partial charge in [-0.25, -0.2) is 14.4 Å². The molecule has 8 aromatic carbocycles. The molecule has 12 rings (SSSR count). The smallest absolute Gasteiger partial charge is 0.340 e. The topological polar surface area (TPSA) is 295 Å². The highest BCUT2D eigenvalue weighted by atomic mass is 35.5. The summed E-state index contributed by atoms with van der Waals surface area (Å²) in [6.07, 6.45) is 3.54. The number of nitrogens with one attached hydrogen (secondary N) is 4. The number of fused-ring (bicyclic) bond motifs is 12. The molecular weight excluding hydrogens is 1390 g/mol. The molecule has 20 nitrogen and oxygen atoms in total. The lowest BCUT2D eigenvalue weighted by Gasteiger charge is -2.37. The van der Waals surface area contributed by atoms with Crippen molar-refractivity contribution < 1.29 is 67.1 Å². The van der Waals surface area contributed by atoms with Crippen molar-refractivity contribution in [2.24, 2.45) is 0 Å². The number of aryl methyl sites for hydroxylation is 4. The number of aliphatic carboxylic acids is 1. The molecule has 4 heterocycles. The number of alkyl halides is 2. The Morgan fingerprint density at radius 2 is 0.962 bits per heavy atom. The quantitative estimate of drug-likeness (QED) is 0.00753. The minimum atomic E-state index is -1.29. The number of carboxylic acid groups (broad SMARTS) is 1. The Morgan fingerprint density at radius 3 is 1.41 bits per heavy atom. The summed E-state index contributed by atoms with van der Waals surface area (Å²) in [4.78, 5) is 84.4. The van der Waals surface area contributed by atoms with Gasteiger partial charge in [0.2, 0.25) is 5.91 Å². The molecule has 23 heteroatoms. The maximum atomic E-state index is 13.7. The van der Waals surface area contributed by atoms with Gasteiger partial charge in [0.15, 0.2) is 11.2 Å². The van der Waals surface area contributed by atoms with Gasteiger partial charge in [0.05, 0.1) is 23.7 Å². The summed E-state index contributed by atoms with van der Waals surface area (Å²) in [5.41, 5.74) is 21.6. The van der Waals surface area contributed by atoms with Crippen LogP contribution in [-0.2, 0) is 45.9 Å². The Kier molecular flexibility index (Phi) is 24.7. The third kappa shape index (κ3) is 17.5. The van der Waals surface area contributed by atoms with Crippen molar-refractivity contribution in [3.63, 3.8) is 0 Å². The van der Waals surface area contributed by atoms with Crippen LogP contribution in [0, 0.1) is 27.7 Å². The number of nitrogens with two attached hydrogens (primary N) is 2. The van der Waals surface area contributed by atoms with Crippen LogP contribution in [0.3, 0.4) is 0 Å². The first-order chi connectivity index (χ1) is 49.3. The molecule has 9 N–H and O–H groups in total. The van der Waals surface area contributed by atoms with E-state index in [0.717, 1.165) is 81.5 Å². The van der Waals surface area contributed by atoms with Crippen molar-refractivity contribution in [3.05, 3.63) is 223 Å². The molecule has 4 aliphatic heterocycles. The van der Waals surface area contributed by atoms with Gasteiger partial charge in [-0.3, -0.25) is 19.2 Å². The van der Waals surface area contributed by atoms with Crippen molar-refractivity contribution in [3.8, 4) is 34.5 Å². The number of urea groups is 1. The van der Waals surface area contributed by atoms with Gasteiger partial charge in [0.25, 0.3) is 0 Å². The zero-order chi connectivity index (χ0) is 75.6. The van der Waals surface area contributed by atoms with Crippen LogP contribution in [0.25, 0.3) is 0 Å². The van der Waals surface area contributed by atoms with Gasteiger partial charge < -0.3 is 66.3 Å². The van der Waals surface area contributed by atoms with E-state index in [1.165, 1.54) is 6.92 Å². The number of esters is 3. The van der Waals surface area contributed by atoms with Gasteiger partial charge in [0, 0.05) is 141 Å². The monoisotopic (exact) mass is 1470 g/mol. The molecule has 1 atom stereocenters. The molecule has 0 bridgehead atoms. The fourth-order valence-corrected chi connectivity index (χ4v) is 14.4. The highest BCUT2D eigenvalue weighted by Crippen LogP contribution is 2.59. The summed E-state index contributed by atoms with van der Waals surface area (Å²) in [7, 11) is 0. The van der Waals surface area contributed by atoms with Crippen molar-refractivity contribution >= 4 is 98.7 Å². The van der Waals surface area contributed by atoms with Crippen LogP contribution in [-0.4, -0.2) is 77.2 Å². The lowest BCUT2D eigenvalue weighted by Crippen LogP contribution is -2.33. The highest BCUT2D eigenvalue weighted by Gasteiger charge is 2.55. The standard InChI is InChI=1S/C41H44ClN3O6.C20H14N2O3.C15H20O4.C5H9Cl2NO/c1-24(2)49-35-20-25(3)19-26(4)37(35)40(5,6)23-36(46)44-27-13-15-31-33(21-27)50-34-22-28(45-39(48)43-18-10-9-17-42)14-16-32(34)41(31)30-12-8-7-11-29(30)38(47)51-41;21-11-5-7-15-17(9-11)24-18-10-12(22)6-8-16(18)20(15)14-4-2-1-3-13(14)19(23)25-20;1-9-6-10(2)14(12(7-9)19-11(3)16)15(4,5)8-13(17)18;6-3-1-2-4-8-5(7)9/h7-8,11-16,19-22,24H,9-10,17-18,23H2,1-6H3,(H,44,46)(H2,43,45,48);1-10H,21-22H2;6-7H,8H2,1-5H3,(H,17,18);1-4H2,(H,8,9). The van der Waals surface area contributed by atoms with Crippen molar-refractivity contribution in [1.82, 2.24) is 10.6 Å². The number of carboxylic acids is 1. The molecule has 1 unspecified atom stereocenters. The number of carbonyl (C=O) groups excluding carboxylic acids is 6. The molecular formula is C81H87Cl3N6O14. The molecule has 4 aliphatic rings. The largest absolute Gasteiger partial charge is 0.491 e. The molecule has 4 amide bonds. The van der Waals surface area contributed by atoms with E-state index in [1.807, 2.05) is 130 Å². The number of anilines is 4. The molecule has 8 aromatic rings. The molecule has 0 fully saturated rings. The first kappa shape index (κ1) is 77.9. The van der Waals surface area contributed by atoms with E-state index in [4.69, 9.17) is 79.8 Å². The lowest BCUT2D eigenvalue weighted by atomic mass is 9.77. The zero-order valence-corrected chi connectivity index (χ0v) is 62.3. The molecule has 2 spiro atoms. The summed E-state index contributed by atoms with van der Waals surface area (Å²) >= 11 is 16.1. The minimum absolute atomic E-state index is 0.0140. The van der Waals surface area contributed by atoms with Crippen LogP contribution in [0.1, 0.15) is 174 Å². The molecule has 546 valence electrons. The summed E-state index contributed by atoms with van der Waals surface area (Å²) in [5, 5.41) is 19.7. The summed E-state index contributed by atoms with van der Waals surface area (Å²) < 4.78 is 36.2. The Hall–Kier alpha value is -10.3. The summed E-state index contributed by atoms with van der Waals surface area (Å²) in [6, 6.07) is 43.6. The number of hydrogen-bond acceptors (Lipinski definition) is 15. The number of nitrogen functional groups attached to an aromatic ring is 2. The maximum Gasteiger partial charge on any atom is 0.340 e. The normalized spacial score (nSPS) is 14.3. The number of unbranched alkanes of at least 4 members (excludes halogenated alkanes) is 2. The van der Waals surface area contributed by atoms with Crippen molar-refractivity contribution in [2.45, 2.75) is 143 Å². The van der Waals surface area contributed by atoms with Crippen LogP contribution in [0.2, 0.25) is 0 Å². The van der Waals surface area contributed by atoms with Gasteiger partial charge in [-0.05, 0) is 174 Å². The number of amides is 4. The predicted octanol–water partition coefficient (Wildman–Crippen LogP) is 17.5. The second-order valence-corrected chi connectivity index (χ2v) is 28.6. The van der Waals surface area contributed by atoms with Crippen LogP contribution in [0.4, 0.5) is 32.3 Å². The first-order valence-corrected chi connectivity index (χ1v) is 35.6. The van der Waals surface area contributed by atoms with E-state index in [1.54, 1.807) is 78.9 Å². The number of benzene rings is 8. The summed E-state index contributed by atoms with van der Waals surface area (Å²) in [5.74, 6) is 2.08. The van der Waals surface area contributed by atoms with Gasteiger partial charge >= 0.3 is 35.3 Å². The zero-order valence-electron chi connectivity index (χ0n) is 60.0. The second kappa shape index (κ2) is 33.0. The highest BCUT2D eigenvalue weighted by molar-refractivity contribution is 6.62. The molecule has 0 radical (unpaired) electrons. The Balaban J connectivity index is 0.000000194. The first-order valence-electron chi connectivity index (χ1n) is 34.1. The fourth-order valence-electron chi connectivity index (χ4n) is 13.9. The van der Waals surface area contributed by atoms with Crippen LogP contribution < -0.4 is 51.7 Å². The Morgan fingerprint density at radius 1 is 0.538 bits per heavy atom. The Labute approximate surface area is 620 Å². The van der Waals surface area contributed by atoms with E-state index in [9.17, 15) is 33.6 Å². The van der Waals surface area contributed by atoms with Gasteiger partial charge in [-0.1, -0.05) is 76.2 Å². The molecule has 0 saturated heterocycles. The number of ether oxygens (including phenoxy) is 6. The third-order valence-corrected chi connectivity index (χ3v) is 18.4.